The molecule has 4 rings (SSSR count). The number of amides is 1. The molecule has 1 saturated heterocycles. The second-order valence-corrected chi connectivity index (χ2v) is 6.74. The maximum absolute atomic E-state index is 12.3. The summed E-state index contributed by atoms with van der Waals surface area (Å²) in [6.45, 7) is 1.45. The Morgan fingerprint density at radius 3 is 2.42 bits per heavy atom. The fourth-order valence-electron chi connectivity index (χ4n) is 3.27. The van der Waals surface area contributed by atoms with E-state index >= 15 is 0 Å². The third-order valence-corrected chi connectivity index (χ3v) is 4.87. The van der Waals surface area contributed by atoms with Crippen LogP contribution in [0.3, 0.4) is 0 Å². The Morgan fingerprint density at radius 2 is 1.69 bits per heavy atom. The predicted molar refractivity (Wildman–Crippen MR) is 100 cm³/mol. The van der Waals surface area contributed by atoms with Crippen molar-refractivity contribution in [2.75, 3.05) is 13.1 Å². The molecule has 0 aliphatic carbocycles. The summed E-state index contributed by atoms with van der Waals surface area (Å²) in [5, 5.41) is 8.49. The number of aryl methyl sites for hydroxylation is 1. The molecule has 1 aromatic heterocycles. The van der Waals surface area contributed by atoms with Crippen LogP contribution in [0.25, 0.3) is 11.3 Å². The molecule has 0 saturated carbocycles. The number of hydrogen-bond acceptors (Lipinski definition) is 3. The molecule has 0 atom stereocenters. The normalized spacial score (nSPS) is 14.2. The van der Waals surface area contributed by atoms with E-state index in [2.05, 4.69) is 22.4 Å². The van der Waals surface area contributed by atoms with Gasteiger partial charge in [0.15, 0.2) is 0 Å². The van der Waals surface area contributed by atoms with Crippen LogP contribution < -0.4 is 0 Å². The van der Waals surface area contributed by atoms with E-state index in [1.54, 1.807) is 0 Å². The topological polar surface area (TPSA) is 51.0 Å². The van der Waals surface area contributed by atoms with Crippen molar-refractivity contribution in [2.45, 2.75) is 25.3 Å². The summed E-state index contributed by atoms with van der Waals surface area (Å²) in [4.78, 5) is 14.2. The average molecular weight is 346 g/mol. The van der Waals surface area contributed by atoms with Gasteiger partial charge in [0.2, 0.25) is 5.91 Å². The van der Waals surface area contributed by atoms with E-state index in [1.165, 1.54) is 5.56 Å². The van der Waals surface area contributed by atoms with Crippen LogP contribution in [0.2, 0.25) is 0 Å². The molecular weight excluding hydrogens is 324 g/mol. The van der Waals surface area contributed by atoms with E-state index in [9.17, 15) is 4.79 Å². The monoisotopic (exact) mass is 346 g/mol. The molecule has 0 spiro atoms. The number of aromatic nitrogens is 3. The van der Waals surface area contributed by atoms with E-state index in [1.807, 2.05) is 64.3 Å². The second kappa shape index (κ2) is 7.52. The van der Waals surface area contributed by atoms with E-state index in [0.717, 1.165) is 37.2 Å². The summed E-state index contributed by atoms with van der Waals surface area (Å²) in [5.74, 6) is 0.237. The van der Waals surface area contributed by atoms with Gasteiger partial charge in [-0.15, -0.1) is 5.10 Å². The Labute approximate surface area is 153 Å². The van der Waals surface area contributed by atoms with Crippen molar-refractivity contribution in [1.29, 1.82) is 0 Å². The molecule has 5 nitrogen and oxygen atoms in total. The molecule has 0 unspecified atom stereocenters. The van der Waals surface area contributed by atoms with E-state index in [4.69, 9.17) is 0 Å². The SMILES string of the molecule is O=C(CCCc1ccccc1)N1CC(n2cc(-c3ccccc3)nn2)C1. The van der Waals surface area contributed by atoms with Crippen LogP contribution in [0.4, 0.5) is 0 Å². The van der Waals surface area contributed by atoms with Crippen LogP contribution in [0.5, 0.6) is 0 Å². The van der Waals surface area contributed by atoms with Gasteiger partial charge in [0, 0.05) is 25.1 Å². The first kappa shape index (κ1) is 16.5. The van der Waals surface area contributed by atoms with Crippen LogP contribution in [-0.2, 0) is 11.2 Å². The third kappa shape index (κ3) is 3.67. The predicted octanol–water partition coefficient (Wildman–Crippen LogP) is 3.35. The quantitative estimate of drug-likeness (QED) is 0.688. The molecule has 26 heavy (non-hydrogen) atoms. The summed E-state index contributed by atoms with van der Waals surface area (Å²) in [6.07, 6.45) is 4.42. The lowest BCUT2D eigenvalue weighted by molar-refractivity contribution is -0.137. The molecule has 3 aromatic rings. The maximum Gasteiger partial charge on any atom is 0.222 e. The van der Waals surface area contributed by atoms with Crippen molar-refractivity contribution < 1.29 is 4.79 Å². The van der Waals surface area contributed by atoms with Crippen LogP contribution in [0.15, 0.2) is 66.9 Å². The van der Waals surface area contributed by atoms with Crippen molar-refractivity contribution in [3.63, 3.8) is 0 Å². The number of likely N-dealkylation sites (tertiary alicyclic amines) is 1. The van der Waals surface area contributed by atoms with Crippen LogP contribution in [-0.4, -0.2) is 38.9 Å². The Morgan fingerprint density at radius 1 is 1.00 bits per heavy atom. The van der Waals surface area contributed by atoms with Gasteiger partial charge in [0.25, 0.3) is 0 Å². The molecule has 1 amide bonds. The largest absolute Gasteiger partial charge is 0.338 e. The Bertz CT molecular complexity index is 854. The summed E-state index contributed by atoms with van der Waals surface area (Å²) >= 11 is 0. The van der Waals surface area contributed by atoms with Crippen molar-refractivity contribution in [3.8, 4) is 11.3 Å². The van der Waals surface area contributed by atoms with Crippen molar-refractivity contribution in [1.82, 2.24) is 19.9 Å². The van der Waals surface area contributed by atoms with E-state index in [-0.39, 0.29) is 11.9 Å². The molecule has 2 aromatic carbocycles. The van der Waals surface area contributed by atoms with Gasteiger partial charge in [-0.2, -0.15) is 0 Å². The van der Waals surface area contributed by atoms with Gasteiger partial charge in [0.1, 0.15) is 5.69 Å². The van der Waals surface area contributed by atoms with Crippen LogP contribution in [0, 0.1) is 0 Å². The first-order valence-electron chi connectivity index (χ1n) is 9.08. The summed E-state index contributed by atoms with van der Waals surface area (Å²) in [6, 6.07) is 20.6. The van der Waals surface area contributed by atoms with Gasteiger partial charge in [0.05, 0.1) is 12.2 Å². The summed E-state index contributed by atoms with van der Waals surface area (Å²) < 4.78 is 1.89. The van der Waals surface area contributed by atoms with Crippen molar-refractivity contribution in [3.05, 3.63) is 72.4 Å². The molecule has 0 radical (unpaired) electrons. The summed E-state index contributed by atoms with van der Waals surface area (Å²) in [5.41, 5.74) is 3.22. The zero-order valence-electron chi connectivity index (χ0n) is 14.7. The lowest BCUT2D eigenvalue weighted by Gasteiger charge is -2.39. The first-order chi connectivity index (χ1) is 12.8. The Balaban J connectivity index is 1.25. The molecule has 1 aliphatic rings. The molecule has 132 valence electrons. The lowest BCUT2D eigenvalue weighted by atomic mass is 10.1. The standard InChI is InChI=1S/C21H22N4O/c26-21(13-7-10-17-8-3-1-4-9-17)24-14-19(15-24)25-16-20(22-23-25)18-11-5-2-6-12-18/h1-6,8-9,11-12,16,19H,7,10,13-15H2. The molecule has 2 heterocycles. The Hall–Kier alpha value is -2.95. The van der Waals surface area contributed by atoms with Crippen LogP contribution in [0.1, 0.15) is 24.4 Å². The summed E-state index contributed by atoms with van der Waals surface area (Å²) in [7, 11) is 0. The number of carbonyl (C=O) groups excluding carboxylic acids is 1. The molecule has 1 aliphatic heterocycles. The van der Waals surface area contributed by atoms with Gasteiger partial charge < -0.3 is 4.90 Å². The number of rotatable bonds is 6. The maximum atomic E-state index is 12.3. The Kier molecular flexibility index (Phi) is 4.78. The highest BCUT2D eigenvalue weighted by Gasteiger charge is 2.32. The van der Waals surface area contributed by atoms with Gasteiger partial charge in [-0.25, -0.2) is 4.68 Å². The van der Waals surface area contributed by atoms with Gasteiger partial charge in [-0.3, -0.25) is 4.79 Å². The number of nitrogens with zero attached hydrogens (tertiary/aromatic N) is 4. The molecule has 5 heteroatoms. The fourth-order valence-corrected chi connectivity index (χ4v) is 3.27. The smallest absolute Gasteiger partial charge is 0.222 e. The number of hydrogen-bond donors (Lipinski definition) is 0. The molecule has 0 N–H and O–H groups in total. The zero-order chi connectivity index (χ0) is 17.8. The van der Waals surface area contributed by atoms with Crippen LogP contribution >= 0.6 is 0 Å². The minimum absolute atomic E-state index is 0.234. The average Bonchev–Trinajstić information content (AvgIpc) is 3.12. The lowest BCUT2D eigenvalue weighted by Crippen LogP contribution is -2.50. The third-order valence-electron chi connectivity index (χ3n) is 4.87. The highest BCUT2D eigenvalue weighted by molar-refractivity contribution is 5.77. The van der Waals surface area contributed by atoms with Crippen molar-refractivity contribution in [2.24, 2.45) is 0 Å². The number of benzene rings is 2. The molecule has 0 bridgehead atoms. The van der Waals surface area contributed by atoms with Gasteiger partial charge >= 0.3 is 0 Å². The molecular formula is C21H22N4O. The second-order valence-electron chi connectivity index (χ2n) is 6.74. The molecule has 1 fully saturated rings. The highest BCUT2D eigenvalue weighted by atomic mass is 16.2. The minimum Gasteiger partial charge on any atom is -0.338 e. The highest BCUT2D eigenvalue weighted by Crippen LogP contribution is 2.24. The van der Waals surface area contributed by atoms with Crippen molar-refractivity contribution >= 4 is 5.91 Å². The van der Waals surface area contributed by atoms with E-state index in [0.29, 0.717) is 6.42 Å². The first-order valence-corrected chi connectivity index (χ1v) is 9.08. The minimum atomic E-state index is 0.234. The van der Waals surface area contributed by atoms with Gasteiger partial charge in [-0.05, 0) is 18.4 Å². The fraction of sp³-hybridized carbons (Fsp3) is 0.286. The van der Waals surface area contributed by atoms with E-state index < -0.39 is 0 Å². The number of carbonyl (C=O) groups is 1. The van der Waals surface area contributed by atoms with Gasteiger partial charge in [-0.1, -0.05) is 65.9 Å². The zero-order valence-corrected chi connectivity index (χ0v) is 14.7.